The highest BCUT2D eigenvalue weighted by atomic mass is 16.5. The van der Waals surface area contributed by atoms with Crippen LogP contribution in [-0.2, 0) is 17.6 Å². The van der Waals surface area contributed by atoms with Gasteiger partial charge in [-0.05, 0) is 46.2 Å². The van der Waals surface area contributed by atoms with Crippen molar-refractivity contribution in [3.63, 3.8) is 0 Å². The quantitative estimate of drug-likeness (QED) is 0.789. The Kier molecular flexibility index (Phi) is 5.85. The number of carbonyl (C=O) groups is 1. The third-order valence-electron chi connectivity index (χ3n) is 4.30. The molecular weight excluding hydrogens is 316 g/mol. The molecule has 0 amide bonds. The van der Waals surface area contributed by atoms with Gasteiger partial charge in [0.05, 0.1) is 12.6 Å². The maximum atomic E-state index is 8.00. The van der Waals surface area contributed by atoms with Crippen LogP contribution < -0.4 is 4.74 Å². The molecular formula is C19H24N4O2. The van der Waals surface area contributed by atoms with Crippen LogP contribution in [0.1, 0.15) is 34.0 Å². The molecule has 0 saturated carbocycles. The Hall–Kier alpha value is -2.76. The first-order valence-electron chi connectivity index (χ1n) is 8.11. The van der Waals surface area contributed by atoms with Gasteiger partial charge in [-0.1, -0.05) is 0 Å². The fourth-order valence-electron chi connectivity index (χ4n) is 2.89. The van der Waals surface area contributed by atoms with Crippen molar-refractivity contribution >= 4 is 18.0 Å². The van der Waals surface area contributed by atoms with Crippen LogP contribution in [-0.4, -0.2) is 33.8 Å². The molecule has 25 heavy (non-hydrogen) atoms. The van der Waals surface area contributed by atoms with Gasteiger partial charge >= 0.3 is 0 Å². The Morgan fingerprint density at radius 3 is 2.40 bits per heavy atom. The summed E-state index contributed by atoms with van der Waals surface area (Å²) >= 11 is 0. The lowest BCUT2D eigenvalue weighted by atomic mass is 10.0. The first-order chi connectivity index (χ1) is 12.0. The Morgan fingerprint density at radius 2 is 1.72 bits per heavy atom. The van der Waals surface area contributed by atoms with Crippen LogP contribution in [0.3, 0.4) is 0 Å². The normalized spacial score (nSPS) is 10.4. The highest BCUT2D eigenvalue weighted by Gasteiger charge is 2.13. The molecule has 0 aliphatic heterocycles. The van der Waals surface area contributed by atoms with E-state index in [-0.39, 0.29) is 0 Å². The maximum absolute atomic E-state index is 8.00. The van der Waals surface area contributed by atoms with Gasteiger partial charge in [-0.3, -0.25) is 4.98 Å². The number of nitrogens with zero attached hydrogens (tertiary/aromatic N) is 3. The van der Waals surface area contributed by atoms with Crippen molar-refractivity contribution in [2.24, 2.45) is 0 Å². The Balaban J connectivity index is 0.00000109. The monoisotopic (exact) mass is 340 g/mol. The summed E-state index contributed by atoms with van der Waals surface area (Å²) in [5.41, 5.74) is 7.04. The largest absolute Gasteiger partial charge is 0.496 e. The number of aryl methyl sites for hydroxylation is 4. The SMILES string of the molecule is C=O.COc1c(C)c(C)nc(CCc2nc3nc(C)ccc3[nH]2)c1C. The summed E-state index contributed by atoms with van der Waals surface area (Å²) in [5, 5.41) is 0. The average Bonchev–Trinajstić information content (AvgIpc) is 3.01. The number of methoxy groups -OCH3 is 1. The predicted octanol–water partition coefficient (Wildman–Crippen LogP) is 3.20. The van der Waals surface area contributed by atoms with Crippen molar-refractivity contribution in [3.05, 3.63) is 46.2 Å². The van der Waals surface area contributed by atoms with E-state index in [2.05, 4.69) is 21.9 Å². The Labute approximate surface area is 147 Å². The van der Waals surface area contributed by atoms with Gasteiger partial charge in [-0.15, -0.1) is 0 Å². The van der Waals surface area contributed by atoms with Crippen LogP contribution in [0.25, 0.3) is 11.2 Å². The highest BCUT2D eigenvalue weighted by Crippen LogP contribution is 2.27. The molecule has 3 heterocycles. The van der Waals surface area contributed by atoms with E-state index in [0.29, 0.717) is 0 Å². The van der Waals surface area contributed by atoms with Gasteiger partial charge in [0.2, 0.25) is 0 Å². The van der Waals surface area contributed by atoms with Crippen LogP contribution in [0.2, 0.25) is 0 Å². The lowest BCUT2D eigenvalue weighted by molar-refractivity contribution is -0.0979. The highest BCUT2D eigenvalue weighted by molar-refractivity contribution is 5.70. The number of imidazole rings is 1. The van der Waals surface area contributed by atoms with E-state index in [1.165, 1.54) is 0 Å². The molecule has 0 aromatic carbocycles. The molecule has 0 fully saturated rings. The minimum Gasteiger partial charge on any atom is -0.496 e. The minimum absolute atomic E-state index is 0.780. The van der Waals surface area contributed by atoms with Crippen LogP contribution in [0, 0.1) is 27.7 Å². The molecule has 132 valence electrons. The number of aromatic nitrogens is 4. The van der Waals surface area contributed by atoms with E-state index in [1.807, 2.05) is 39.7 Å². The summed E-state index contributed by atoms with van der Waals surface area (Å²) in [6.45, 7) is 10.1. The molecule has 3 aromatic heterocycles. The zero-order valence-corrected chi connectivity index (χ0v) is 15.4. The summed E-state index contributed by atoms with van der Waals surface area (Å²) < 4.78 is 5.54. The minimum atomic E-state index is 0.780. The molecule has 0 aliphatic rings. The number of rotatable bonds is 4. The fraction of sp³-hybridized carbons (Fsp3) is 0.368. The lowest BCUT2D eigenvalue weighted by Gasteiger charge is -2.14. The topological polar surface area (TPSA) is 80.8 Å². The van der Waals surface area contributed by atoms with Gasteiger partial charge in [0.15, 0.2) is 5.65 Å². The summed E-state index contributed by atoms with van der Waals surface area (Å²) in [6, 6.07) is 4.01. The fourth-order valence-corrected chi connectivity index (χ4v) is 2.89. The first-order valence-corrected chi connectivity index (χ1v) is 8.11. The van der Waals surface area contributed by atoms with Crippen molar-refractivity contribution in [3.8, 4) is 5.75 Å². The molecule has 3 rings (SSSR count). The number of pyridine rings is 2. The number of hydrogen-bond donors (Lipinski definition) is 1. The number of fused-ring (bicyclic) bond motifs is 1. The maximum Gasteiger partial charge on any atom is 0.177 e. The number of H-pyrrole nitrogens is 1. The molecule has 0 unspecified atom stereocenters. The lowest BCUT2D eigenvalue weighted by Crippen LogP contribution is -2.05. The molecule has 6 nitrogen and oxygen atoms in total. The second-order valence-corrected chi connectivity index (χ2v) is 5.93. The van der Waals surface area contributed by atoms with Gasteiger partial charge in [0.25, 0.3) is 0 Å². The van der Waals surface area contributed by atoms with E-state index >= 15 is 0 Å². The average molecular weight is 340 g/mol. The van der Waals surface area contributed by atoms with Gasteiger partial charge in [-0.2, -0.15) is 0 Å². The smallest absolute Gasteiger partial charge is 0.177 e. The van der Waals surface area contributed by atoms with E-state index in [4.69, 9.17) is 14.5 Å². The Bertz CT molecular complexity index is 887. The third kappa shape index (κ3) is 3.84. The van der Waals surface area contributed by atoms with Crippen molar-refractivity contribution in [2.75, 3.05) is 7.11 Å². The van der Waals surface area contributed by atoms with Crippen LogP contribution in [0.4, 0.5) is 0 Å². The molecule has 0 aliphatic carbocycles. The van der Waals surface area contributed by atoms with Gasteiger partial charge in [-0.25, -0.2) is 9.97 Å². The zero-order valence-electron chi connectivity index (χ0n) is 15.4. The predicted molar refractivity (Wildman–Crippen MR) is 98.2 cm³/mol. The Morgan fingerprint density at radius 1 is 1.00 bits per heavy atom. The summed E-state index contributed by atoms with van der Waals surface area (Å²) in [7, 11) is 1.71. The molecule has 0 radical (unpaired) electrons. The van der Waals surface area contributed by atoms with Gasteiger partial charge < -0.3 is 14.5 Å². The molecule has 6 heteroatoms. The van der Waals surface area contributed by atoms with Gasteiger partial charge in [0.1, 0.15) is 18.4 Å². The standard InChI is InChI=1S/C18H22N4O.CH2O/c1-10-6-7-15-18(19-10)22-16(21-15)9-8-14-12(3)17(23-5)11(2)13(4)20-14;1-2/h6-7H,8-9H2,1-5H3,(H,19,21,22);1H2. The second kappa shape index (κ2) is 7.88. The second-order valence-electron chi connectivity index (χ2n) is 5.93. The van der Waals surface area contributed by atoms with Crippen LogP contribution in [0.15, 0.2) is 12.1 Å². The van der Waals surface area contributed by atoms with E-state index in [1.54, 1.807) is 7.11 Å². The van der Waals surface area contributed by atoms with E-state index in [9.17, 15) is 0 Å². The first kappa shape index (κ1) is 18.6. The summed E-state index contributed by atoms with van der Waals surface area (Å²) in [5.74, 6) is 1.88. The zero-order chi connectivity index (χ0) is 18.6. The molecule has 0 saturated heterocycles. The number of hydrogen-bond acceptors (Lipinski definition) is 5. The number of ether oxygens (including phenoxy) is 1. The summed E-state index contributed by atoms with van der Waals surface area (Å²) in [4.78, 5) is 25.1. The molecule has 3 aromatic rings. The third-order valence-corrected chi connectivity index (χ3v) is 4.30. The molecule has 1 N–H and O–H groups in total. The van der Waals surface area contributed by atoms with Crippen molar-refractivity contribution < 1.29 is 9.53 Å². The number of nitrogens with one attached hydrogen (secondary N) is 1. The van der Waals surface area contributed by atoms with E-state index < -0.39 is 0 Å². The number of carbonyl (C=O) groups excluding carboxylic acids is 1. The molecule has 0 atom stereocenters. The van der Waals surface area contributed by atoms with Crippen molar-refractivity contribution in [1.82, 2.24) is 19.9 Å². The van der Waals surface area contributed by atoms with E-state index in [0.717, 1.165) is 63.8 Å². The number of aromatic amines is 1. The van der Waals surface area contributed by atoms with Gasteiger partial charge in [0, 0.05) is 34.6 Å². The summed E-state index contributed by atoms with van der Waals surface area (Å²) in [6.07, 6.45) is 1.62. The van der Waals surface area contributed by atoms with Crippen LogP contribution >= 0.6 is 0 Å². The molecule has 0 bridgehead atoms. The van der Waals surface area contributed by atoms with Crippen LogP contribution in [0.5, 0.6) is 5.75 Å². The van der Waals surface area contributed by atoms with Crippen molar-refractivity contribution in [1.29, 1.82) is 0 Å². The molecule has 0 spiro atoms. The van der Waals surface area contributed by atoms with Crippen molar-refractivity contribution in [2.45, 2.75) is 40.5 Å².